The fraction of sp³-hybridized carbons (Fsp3) is 0.487. The van der Waals surface area contributed by atoms with E-state index in [0.717, 1.165) is 42.4 Å². The maximum Gasteiger partial charge on any atom is 0.311 e. The number of rotatable bonds is 17. The summed E-state index contributed by atoms with van der Waals surface area (Å²) in [4.78, 5) is 25.9. The van der Waals surface area contributed by atoms with Gasteiger partial charge in [-0.1, -0.05) is 56.2 Å². The van der Waals surface area contributed by atoms with E-state index in [2.05, 4.69) is 43.4 Å². The molecule has 3 atom stereocenters. The third-order valence-corrected chi connectivity index (χ3v) is 9.11. The molecule has 0 radical (unpaired) electrons. The van der Waals surface area contributed by atoms with Crippen LogP contribution in [-0.4, -0.2) is 39.6 Å². The van der Waals surface area contributed by atoms with Gasteiger partial charge in [0.05, 0.1) is 26.7 Å². The van der Waals surface area contributed by atoms with Gasteiger partial charge in [0.2, 0.25) is 12.5 Å². The van der Waals surface area contributed by atoms with Crippen LogP contribution in [0.25, 0.3) is 0 Å². The fourth-order valence-electron chi connectivity index (χ4n) is 6.67. The SMILES string of the molecule is CCCCC/C=C\C/C=C\C/C=C\CCCCC(=O)Oc1c(OC)cc([C@@H]2c3cc4c(cc3C[C@H]3COC(=O)[C@@H]32)OCO4)cc1OC. The number of fused-ring (bicyclic) bond motifs is 3. The van der Waals surface area contributed by atoms with Crippen LogP contribution in [0, 0.1) is 11.8 Å². The molecular formula is C39H48O8. The molecule has 1 aliphatic carbocycles. The quantitative estimate of drug-likeness (QED) is 0.0734. The molecule has 0 spiro atoms. The van der Waals surface area contributed by atoms with Gasteiger partial charge >= 0.3 is 11.9 Å². The smallest absolute Gasteiger partial charge is 0.311 e. The number of unbranched alkanes of at least 4 members (excludes halogenated alkanes) is 5. The molecule has 5 rings (SSSR count). The van der Waals surface area contributed by atoms with E-state index in [1.807, 2.05) is 24.3 Å². The lowest BCUT2D eigenvalue weighted by Crippen LogP contribution is -2.31. The Hall–Kier alpha value is -4.20. The second-order valence-electron chi connectivity index (χ2n) is 12.4. The third-order valence-electron chi connectivity index (χ3n) is 9.11. The van der Waals surface area contributed by atoms with Crippen LogP contribution in [0.5, 0.6) is 28.7 Å². The highest BCUT2D eigenvalue weighted by Crippen LogP contribution is 2.52. The number of allylic oxidation sites excluding steroid dienone is 6. The zero-order chi connectivity index (χ0) is 33.0. The third kappa shape index (κ3) is 8.59. The first kappa shape index (κ1) is 34.1. The molecule has 0 unspecified atom stereocenters. The molecule has 2 aromatic rings. The molecule has 8 nitrogen and oxygen atoms in total. The number of esters is 2. The lowest BCUT2D eigenvalue weighted by atomic mass is 9.67. The van der Waals surface area contributed by atoms with E-state index in [1.165, 1.54) is 39.9 Å². The van der Waals surface area contributed by atoms with Crippen molar-refractivity contribution in [3.8, 4) is 28.7 Å². The largest absolute Gasteiger partial charge is 0.493 e. The molecule has 252 valence electrons. The molecule has 2 aromatic carbocycles. The van der Waals surface area contributed by atoms with Crippen LogP contribution >= 0.6 is 0 Å². The standard InChI is InChI=1S/C39H48O8/c1-4-5-6-7-8-9-10-11-12-13-14-15-16-17-18-19-35(40)47-38-33(42-2)22-28(23-34(38)43-3)36-30-24-32-31(45-26-46-32)21-27(30)20-29-25-44-39(41)37(29)36/h8-9,11-12,14-15,21-24,29,36-37H,4-7,10,13,16-20,25-26H2,1-3H3/b9-8-,12-11-,15-14-/t29-,36+,37-/m0/s1. The van der Waals surface area contributed by atoms with E-state index >= 15 is 0 Å². The van der Waals surface area contributed by atoms with Crippen molar-refractivity contribution >= 4 is 11.9 Å². The lowest BCUT2D eigenvalue weighted by Gasteiger charge is -2.34. The van der Waals surface area contributed by atoms with E-state index < -0.39 is 0 Å². The fourth-order valence-corrected chi connectivity index (χ4v) is 6.67. The van der Waals surface area contributed by atoms with E-state index in [0.29, 0.717) is 42.4 Å². The predicted octanol–water partition coefficient (Wildman–Crippen LogP) is 8.40. The van der Waals surface area contributed by atoms with Crippen LogP contribution in [0.3, 0.4) is 0 Å². The summed E-state index contributed by atoms with van der Waals surface area (Å²) in [7, 11) is 3.06. The van der Waals surface area contributed by atoms with Gasteiger partial charge in [0.15, 0.2) is 23.0 Å². The molecule has 1 saturated heterocycles. The van der Waals surface area contributed by atoms with Crippen LogP contribution in [0.4, 0.5) is 0 Å². The minimum absolute atomic E-state index is 0.0357. The number of hydrogen-bond donors (Lipinski definition) is 0. The first-order valence-corrected chi connectivity index (χ1v) is 17.0. The van der Waals surface area contributed by atoms with Gasteiger partial charge in [-0.2, -0.15) is 0 Å². The number of carbonyl (C=O) groups is 2. The molecule has 1 fully saturated rings. The summed E-state index contributed by atoms with van der Waals surface area (Å²) in [5.74, 6) is 1.13. The second kappa shape index (κ2) is 17.1. The molecule has 47 heavy (non-hydrogen) atoms. The normalized spacial score (nSPS) is 19.7. The summed E-state index contributed by atoms with van der Waals surface area (Å²) in [5.41, 5.74) is 2.89. The Balaban J connectivity index is 1.17. The summed E-state index contributed by atoms with van der Waals surface area (Å²) >= 11 is 0. The topological polar surface area (TPSA) is 89.5 Å². The van der Waals surface area contributed by atoms with E-state index in [9.17, 15) is 9.59 Å². The summed E-state index contributed by atoms with van der Waals surface area (Å²) < 4.78 is 34.1. The first-order valence-electron chi connectivity index (χ1n) is 17.0. The molecule has 8 heteroatoms. The first-order chi connectivity index (χ1) is 23.0. The summed E-state index contributed by atoms with van der Waals surface area (Å²) in [6, 6.07) is 7.65. The second-order valence-corrected chi connectivity index (χ2v) is 12.4. The molecule has 2 aliphatic heterocycles. The minimum Gasteiger partial charge on any atom is -0.493 e. The zero-order valence-corrected chi connectivity index (χ0v) is 28.0. The van der Waals surface area contributed by atoms with E-state index in [1.54, 1.807) is 0 Å². The van der Waals surface area contributed by atoms with Crippen LogP contribution in [0.2, 0.25) is 0 Å². The van der Waals surface area contributed by atoms with Crippen molar-refractivity contribution in [1.29, 1.82) is 0 Å². The highest BCUT2D eigenvalue weighted by molar-refractivity contribution is 5.79. The summed E-state index contributed by atoms with van der Waals surface area (Å²) in [5, 5.41) is 0. The molecule has 3 aliphatic rings. The maximum atomic E-state index is 13.0. The number of hydrogen-bond acceptors (Lipinski definition) is 8. The Bertz CT molecular complexity index is 1450. The van der Waals surface area contributed by atoms with Crippen LogP contribution in [0.1, 0.15) is 93.7 Å². The van der Waals surface area contributed by atoms with Crippen molar-refractivity contribution in [1.82, 2.24) is 0 Å². The Morgan fingerprint density at radius 3 is 2.13 bits per heavy atom. The number of carbonyl (C=O) groups excluding carboxylic acids is 2. The van der Waals surface area contributed by atoms with Crippen molar-refractivity contribution in [2.24, 2.45) is 11.8 Å². The monoisotopic (exact) mass is 644 g/mol. The van der Waals surface area contributed by atoms with Gasteiger partial charge in [-0.15, -0.1) is 0 Å². The van der Waals surface area contributed by atoms with Crippen LogP contribution in [-0.2, 0) is 20.7 Å². The van der Waals surface area contributed by atoms with Crippen molar-refractivity contribution in [2.75, 3.05) is 27.6 Å². The summed E-state index contributed by atoms with van der Waals surface area (Å²) in [6.45, 7) is 2.78. The van der Waals surface area contributed by atoms with Gasteiger partial charge in [0.25, 0.3) is 0 Å². The molecule has 0 aromatic heterocycles. The minimum atomic E-state index is -0.363. The Labute approximate surface area is 278 Å². The average Bonchev–Trinajstić information content (AvgIpc) is 3.70. The molecular weight excluding hydrogens is 596 g/mol. The van der Waals surface area contributed by atoms with Gasteiger partial charge in [-0.3, -0.25) is 9.59 Å². The molecule has 0 N–H and O–H groups in total. The summed E-state index contributed by atoms with van der Waals surface area (Å²) in [6.07, 6.45) is 23.7. The van der Waals surface area contributed by atoms with Crippen LogP contribution in [0.15, 0.2) is 60.7 Å². The Morgan fingerprint density at radius 1 is 0.830 bits per heavy atom. The van der Waals surface area contributed by atoms with Gasteiger partial charge < -0.3 is 28.4 Å². The molecule has 2 heterocycles. The maximum absolute atomic E-state index is 13.0. The molecule has 0 saturated carbocycles. The zero-order valence-electron chi connectivity index (χ0n) is 28.0. The number of methoxy groups -OCH3 is 2. The van der Waals surface area contributed by atoms with Crippen molar-refractivity contribution in [3.05, 3.63) is 77.4 Å². The van der Waals surface area contributed by atoms with E-state index in [-0.39, 0.29) is 48.7 Å². The van der Waals surface area contributed by atoms with Crippen molar-refractivity contribution in [3.63, 3.8) is 0 Å². The number of benzene rings is 2. The van der Waals surface area contributed by atoms with Gasteiger partial charge in [0.1, 0.15) is 0 Å². The predicted molar refractivity (Wildman–Crippen MR) is 180 cm³/mol. The van der Waals surface area contributed by atoms with Crippen molar-refractivity contribution in [2.45, 2.75) is 83.5 Å². The van der Waals surface area contributed by atoms with Crippen LogP contribution < -0.4 is 23.7 Å². The molecule has 0 bridgehead atoms. The van der Waals surface area contributed by atoms with E-state index in [4.69, 9.17) is 28.4 Å². The average molecular weight is 645 g/mol. The number of ether oxygens (including phenoxy) is 6. The highest BCUT2D eigenvalue weighted by Gasteiger charge is 2.48. The number of cyclic esters (lactones) is 1. The van der Waals surface area contributed by atoms with Gasteiger partial charge in [-0.25, -0.2) is 0 Å². The van der Waals surface area contributed by atoms with Crippen molar-refractivity contribution < 1.29 is 38.0 Å². The highest BCUT2D eigenvalue weighted by atomic mass is 16.7. The van der Waals surface area contributed by atoms with Gasteiger partial charge in [0, 0.05) is 18.3 Å². The Morgan fingerprint density at radius 2 is 1.47 bits per heavy atom. The lowest BCUT2D eigenvalue weighted by molar-refractivity contribution is -0.141. The van der Waals surface area contributed by atoms with Gasteiger partial charge in [-0.05, 0) is 92.3 Å². The Kier molecular flexibility index (Phi) is 12.4. The molecule has 0 amide bonds.